The summed E-state index contributed by atoms with van der Waals surface area (Å²) >= 11 is 1.60. The molecule has 1 N–H and O–H groups in total. The third-order valence-electron chi connectivity index (χ3n) is 4.10. The number of carbonyl (C=O) groups excluding carboxylic acids is 1. The number of nitrogens with one attached hydrogen (secondary N) is 1. The van der Waals surface area contributed by atoms with Crippen molar-refractivity contribution in [2.24, 2.45) is 0 Å². The van der Waals surface area contributed by atoms with Gasteiger partial charge in [0.25, 0.3) is 0 Å². The molecule has 0 saturated heterocycles. The highest BCUT2D eigenvalue weighted by atomic mass is 32.1. The maximum absolute atomic E-state index is 12.5. The van der Waals surface area contributed by atoms with Crippen LogP contribution in [-0.2, 0) is 17.6 Å². The first kappa shape index (κ1) is 13.5. The van der Waals surface area contributed by atoms with Gasteiger partial charge in [-0.25, -0.2) is 9.97 Å². The zero-order valence-electron chi connectivity index (χ0n) is 12.2. The van der Waals surface area contributed by atoms with Crippen molar-refractivity contribution < 1.29 is 4.79 Å². The van der Waals surface area contributed by atoms with Gasteiger partial charge in [0.2, 0.25) is 5.91 Å². The van der Waals surface area contributed by atoms with Crippen molar-refractivity contribution in [3.05, 3.63) is 41.2 Å². The molecular weight excluding hydrogens is 296 g/mol. The maximum atomic E-state index is 12.5. The first-order valence-corrected chi connectivity index (χ1v) is 8.25. The number of carbonyl (C=O) groups is 1. The van der Waals surface area contributed by atoms with Gasteiger partial charge < -0.3 is 9.88 Å². The van der Waals surface area contributed by atoms with E-state index >= 15 is 0 Å². The van der Waals surface area contributed by atoms with E-state index in [1.54, 1.807) is 17.7 Å². The Morgan fingerprint density at radius 3 is 3.09 bits per heavy atom. The topological polar surface area (TPSA) is 59.8 Å². The minimum Gasteiger partial charge on any atom is -0.318 e. The SMILES string of the molecule is C[C@@H](C(=O)Nc1nc2c(s1)CCC2)n1cnc2ccccc21. The highest BCUT2D eigenvalue weighted by Crippen LogP contribution is 2.31. The van der Waals surface area contributed by atoms with Gasteiger partial charge in [-0.3, -0.25) is 4.79 Å². The van der Waals surface area contributed by atoms with E-state index in [9.17, 15) is 4.79 Å². The molecule has 4 rings (SSSR count). The second kappa shape index (κ2) is 5.21. The predicted octanol–water partition coefficient (Wildman–Crippen LogP) is 3.18. The number of aromatic nitrogens is 3. The Kier molecular flexibility index (Phi) is 3.18. The monoisotopic (exact) mass is 312 g/mol. The van der Waals surface area contributed by atoms with Crippen LogP contribution in [0, 0.1) is 0 Å². The highest BCUT2D eigenvalue weighted by Gasteiger charge is 2.21. The molecule has 1 aliphatic carbocycles. The molecule has 0 unspecified atom stereocenters. The minimum absolute atomic E-state index is 0.0597. The number of thiazole rings is 1. The number of aryl methyl sites for hydroxylation is 2. The van der Waals surface area contributed by atoms with Gasteiger partial charge in [0.15, 0.2) is 5.13 Å². The summed E-state index contributed by atoms with van der Waals surface area (Å²) in [6.07, 6.45) is 5.02. The Morgan fingerprint density at radius 2 is 2.23 bits per heavy atom. The molecule has 0 radical (unpaired) electrons. The number of amides is 1. The van der Waals surface area contributed by atoms with Crippen molar-refractivity contribution in [2.75, 3.05) is 5.32 Å². The van der Waals surface area contributed by atoms with Gasteiger partial charge >= 0.3 is 0 Å². The van der Waals surface area contributed by atoms with Crippen LogP contribution >= 0.6 is 11.3 Å². The molecule has 6 heteroatoms. The van der Waals surface area contributed by atoms with E-state index in [2.05, 4.69) is 15.3 Å². The van der Waals surface area contributed by atoms with Crippen molar-refractivity contribution in [3.63, 3.8) is 0 Å². The van der Waals surface area contributed by atoms with Gasteiger partial charge in [0.05, 0.1) is 23.1 Å². The molecule has 0 spiro atoms. The van der Waals surface area contributed by atoms with E-state index in [4.69, 9.17) is 0 Å². The molecule has 3 aromatic rings. The number of anilines is 1. The number of hydrogen-bond acceptors (Lipinski definition) is 4. The summed E-state index contributed by atoms with van der Waals surface area (Å²) in [5.41, 5.74) is 3.02. The molecule has 112 valence electrons. The Morgan fingerprint density at radius 1 is 1.36 bits per heavy atom. The third-order valence-corrected chi connectivity index (χ3v) is 5.18. The number of fused-ring (bicyclic) bond motifs is 2. The summed E-state index contributed by atoms with van der Waals surface area (Å²) in [5, 5.41) is 3.66. The fourth-order valence-corrected chi connectivity index (χ4v) is 3.92. The summed E-state index contributed by atoms with van der Waals surface area (Å²) in [7, 11) is 0. The number of hydrogen-bond donors (Lipinski definition) is 1. The Hall–Kier alpha value is -2.21. The number of imidazole rings is 1. The first-order chi connectivity index (χ1) is 10.7. The summed E-state index contributed by atoms with van der Waals surface area (Å²) in [6.45, 7) is 1.88. The van der Waals surface area contributed by atoms with Crippen LogP contribution in [0.3, 0.4) is 0 Å². The average Bonchev–Trinajstić information content (AvgIpc) is 3.19. The van der Waals surface area contributed by atoms with E-state index in [-0.39, 0.29) is 11.9 Å². The molecule has 1 aromatic carbocycles. The Bertz CT molecular complexity index is 829. The lowest BCUT2D eigenvalue weighted by Crippen LogP contribution is -2.23. The highest BCUT2D eigenvalue weighted by molar-refractivity contribution is 7.15. The number of rotatable bonds is 3. The normalized spacial score (nSPS) is 15.0. The smallest absolute Gasteiger partial charge is 0.248 e. The summed E-state index contributed by atoms with van der Waals surface area (Å²) in [6, 6.07) is 7.50. The molecule has 0 fully saturated rings. The van der Waals surface area contributed by atoms with Crippen LogP contribution in [0.1, 0.15) is 30.0 Å². The van der Waals surface area contributed by atoms with Crippen LogP contribution in [0.5, 0.6) is 0 Å². The van der Waals surface area contributed by atoms with Crippen LogP contribution in [0.25, 0.3) is 11.0 Å². The minimum atomic E-state index is -0.328. The maximum Gasteiger partial charge on any atom is 0.248 e. The molecule has 1 amide bonds. The van der Waals surface area contributed by atoms with Crippen molar-refractivity contribution in [1.82, 2.24) is 14.5 Å². The molecule has 2 heterocycles. The number of nitrogens with zero attached hydrogens (tertiary/aromatic N) is 3. The van der Waals surface area contributed by atoms with Gasteiger partial charge in [-0.2, -0.15) is 0 Å². The van der Waals surface area contributed by atoms with Crippen LogP contribution in [-0.4, -0.2) is 20.4 Å². The van der Waals surface area contributed by atoms with E-state index in [0.717, 1.165) is 29.6 Å². The average molecular weight is 312 g/mol. The first-order valence-electron chi connectivity index (χ1n) is 7.43. The van der Waals surface area contributed by atoms with Crippen molar-refractivity contribution in [1.29, 1.82) is 0 Å². The summed E-state index contributed by atoms with van der Waals surface area (Å²) < 4.78 is 1.89. The van der Waals surface area contributed by atoms with Gasteiger partial charge in [0, 0.05) is 4.88 Å². The Balaban J connectivity index is 1.56. The third kappa shape index (κ3) is 2.20. The van der Waals surface area contributed by atoms with E-state index < -0.39 is 0 Å². The van der Waals surface area contributed by atoms with Crippen LogP contribution in [0.4, 0.5) is 5.13 Å². The predicted molar refractivity (Wildman–Crippen MR) is 87.2 cm³/mol. The Labute approximate surface area is 132 Å². The standard InChI is InChI=1S/C16H16N4OS/c1-10(20-9-17-11-5-2-3-7-13(11)20)15(21)19-16-18-12-6-4-8-14(12)22-16/h2-3,5,7,9-10H,4,6,8H2,1H3,(H,18,19,21)/t10-/m0/s1. The molecule has 0 saturated carbocycles. The van der Waals surface area contributed by atoms with Crippen LogP contribution in [0.2, 0.25) is 0 Å². The molecule has 22 heavy (non-hydrogen) atoms. The van der Waals surface area contributed by atoms with Crippen LogP contribution < -0.4 is 5.32 Å². The van der Waals surface area contributed by atoms with E-state index in [1.807, 2.05) is 35.8 Å². The molecule has 2 aromatic heterocycles. The second-order valence-corrected chi connectivity index (χ2v) is 6.63. The largest absolute Gasteiger partial charge is 0.318 e. The van der Waals surface area contributed by atoms with Crippen LogP contribution in [0.15, 0.2) is 30.6 Å². The fraction of sp³-hybridized carbons (Fsp3) is 0.312. The molecule has 0 aliphatic heterocycles. The zero-order valence-corrected chi connectivity index (χ0v) is 13.1. The molecular formula is C16H16N4OS. The quantitative estimate of drug-likeness (QED) is 0.808. The fourth-order valence-electron chi connectivity index (χ4n) is 2.87. The lowest BCUT2D eigenvalue weighted by Gasteiger charge is -2.13. The zero-order chi connectivity index (χ0) is 15.1. The molecule has 5 nitrogen and oxygen atoms in total. The number of benzene rings is 1. The summed E-state index contributed by atoms with van der Waals surface area (Å²) in [4.78, 5) is 22.7. The van der Waals surface area contributed by atoms with Gasteiger partial charge in [-0.1, -0.05) is 12.1 Å². The van der Waals surface area contributed by atoms with Crippen molar-refractivity contribution in [3.8, 4) is 0 Å². The second-order valence-electron chi connectivity index (χ2n) is 5.55. The lowest BCUT2D eigenvalue weighted by atomic mass is 10.2. The van der Waals surface area contributed by atoms with Crippen molar-refractivity contribution in [2.45, 2.75) is 32.2 Å². The van der Waals surface area contributed by atoms with Gasteiger partial charge in [-0.15, -0.1) is 11.3 Å². The molecule has 1 aliphatic rings. The molecule has 0 bridgehead atoms. The van der Waals surface area contributed by atoms with Crippen molar-refractivity contribution >= 4 is 33.4 Å². The van der Waals surface area contributed by atoms with Gasteiger partial charge in [-0.05, 0) is 38.3 Å². The summed E-state index contributed by atoms with van der Waals surface area (Å²) in [5.74, 6) is -0.0597. The van der Waals surface area contributed by atoms with E-state index in [1.165, 1.54) is 11.3 Å². The molecule has 1 atom stereocenters. The van der Waals surface area contributed by atoms with E-state index in [0.29, 0.717) is 5.13 Å². The lowest BCUT2D eigenvalue weighted by molar-refractivity contribution is -0.118. The number of para-hydroxylation sites is 2. The van der Waals surface area contributed by atoms with Gasteiger partial charge in [0.1, 0.15) is 6.04 Å².